The second-order valence-corrected chi connectivity index (χ2v) is 4.09. The molecule has 68 valence electrons. The van der Waals surface area contributed by atoms with Crippen molar-refractivity contribution in [3.05, 3.63) is 21.4 Å². The molecule has 13 heavy (non-hydrogen) atoms. The number of carbonyl (C=O) groups excluding carboxylic acids is 2. The van der Waals surface area contributed by atoms with Gasteiger partial charge in [-0.2, -0.15) is 8.78 Å². The molecule has 0 fully saturated rings. The Morgan fingerprint density at radius 2 is 1.92 bits per heavy atom. The van der Waals surface area contributed by atoms with Crippen molar-refractivity contribution in [2.24, 2.45) is 0 Å². The SMILES string of the molecule is Cc1cc2c(s1)C(=O)C(F)(F)C2=O. The molecule has 0 saturated heterocycles. The molecule has 1 aliphatic rings. The van der Waals surface area contributed by atoms with E-state index in [0.29, 0.717) is 4.88 Å². The molecule has 0 amide bonds. The van der Waals surface area contributed by atoms with E-state index in [4.69, 9.17) is 0 Å². The predicted molar refractivity (Wildman–Crippen MR) is 42.7 cm³/mol. The average Bonchev–Trinajstić information content (AvgIpc) is 2.48. The lowest BCUT2D eigenvalue weighted by atomic mass is 10.2. The number of thiophene rings is 1. The molecule has 0 N–H and O–H groups in total. The Bertz CT molecular complexity index is 384. The maximum Gasteiger partial charge on any atom is 0.372 e. The monoisotopic (exact) mass is 202 g/mol. The smallest absolute Gasteiger partial charge is 0.287 e. The van der Waals surface area contributed by atoms with Crippen LogP contribution >= 0.6 is 11.3 Å². The molecule has 0 aliphatic heterocycles. The Labute approximate surface area is 76.2 Å². The highest BCUT2D eigenvalue weighted by atomic mass is 32.1. The highest BCUT2D eigenvalue weighted by molar-refractivity contribution is 7.15. The van der Waals surface area contributed by atoms with Gasteiger partial charge in [-0.1, -0.05) is 0 Å². The molecule has 2 nitrogen and oxygen atoms in total. The van der Waals surface area contributed by atoms with Crippen LogP contribution in [0.15, 0.2) is 6.07 Å². The third-order valence-corrected chi connectivity index (χ3v) is 2.93. The van der Waals surface area contributed by atoms with Gasteiger partial charge in [0, 0.05) is 10.4 Å². The van der Waals surface area contributed by atoms with Crippen LogP contribution in [0.5, 0.6) is 0 Å². The van der Waals surface area contributed by atoms with Gasteiger partial charge >= 0.3 is 5.92 Å². The fraction of sp³-hybridized carbons (Fsp3) is 0.250. The first-order valence-corrected chi connectivity index (χ1v) is 4.34. The van der Waals surface area contributed by atoms with Crippen molar-refractivity contribution in [3.8, 4) is 0 Å². The number of alkyl halides is 2. The van der Waals surface area contributed by atoms with Crippen molar-refractivity contribution in [1.29, 1.82) is 0 Å². The van der Waals surface area contributed by atoms with Gasteiger partial charge in [0.25, 0.3) is 5.78 Å². The second kappa shape index (κ2) is 2.23. The quantitative estimate of drug-likeness (QED) is 0.603. The van der Waals surface area contributed by atoms with Gasteiger partial charge in [-0.3, -0.25) is 9.59 Å². The minimum atomic E-state index is -3.82. The van der Waals surface area contributed by atoms with Gasteiger partial charge in [0.15, 0.2) is 0 Å². The number of carbonyl (C=O) groups is 2. The predicted octanol–water partition coefficient (Wildman–Crippen LogP) is 2.07. The molecule has 2 rings (SSSR count). The van der Waals surface area contributed by atoms with Crippen LogP contribution in [0.1, 0.15) is 24.9 Å². The van der Waals surface area contributed by atoms with Gasteiger partial charge < -0.3 is 0 Å². The minimum absolute atomic E-state index is 0.104. The second-order valence-electron chi connectivity index (χ2n) is 2.83. The molecular weight excluding hydrogens is 198 g/mol. The largest absolute Gasteiger partial charge is 0.372 e. The summed E-state index contributed by atoms with van der Waals surface area (Å²) in [5.41, 5.74) is -0.127. The zero-order valence-electron chi connectivity index (χ0n) is 6.56. The Morgan fingerprint density at radius 1 is 1.31 bits per heavy atom. The van der Waals surface area contributed by atoms with Crippen LogP contribution in [0.25, 0.3) is 0 Å². The van der Waals surface area contributed by atoms with Gasteiger partial charge in [0.2, 0.25) is 5.78 Å². The molecule has 0 atom stereocenters. The fourth-order valence-electron chi connectivity index (χ4n) is 1.27. The molecule has 1 aromatic rings. The van der Waals surface area contributed by atoms with E-state index in [-0.39, 0.29) is 10.4 Å². The first-order valence-electron chi connectivity index (χ1n) is 3.52. The number of halogens is 2. The number of aryl methyl sites for hydroxylation is 1. The summed E-state index contributed by atoms with van der Waals surface area (Å²) < 4.78 is 25.6. The van der Waals surface area contributed by atoms with Gasteiger partial charge in [0.1, 0.15) is 0 Å². The van der Waals surface area contributed by atoms with E-state index < -0.39 is 17.5 Å². The molecule has 1 heterocycles. The molecule has 1 aliphatic carbocycles. The topological polar surface area (TPSA) is 34.1 Å². The molecule has 0 aromatic carbocycles. The summed E-state index contributed by atoms with van der Waals surface area (Å²) in [6, 6.07) is 1.33. The lowest BCUT2D eigenvalue weighted by molar-refractivity contribution is 0.0190. The van der Waals surface area contributed by atoms with E-state index in [0.717, 1.165) is 11.3 Å². The molecule has 0 radical (unpaired) electrons. The normalized spacial score (nSPS) is 19.3. The van der Waals surface area contributed by atoms with Crippen LogP contribution in [-0.2, 0) is 0 Å². The molecule has 0 spiro atoms. The number of hydrogen-bond acceptors (Lipinski definition) is 3. The van der Waals surface area contributed by atoms with Crippen LogP contribution in [-0.4, -0.2) is 17.5 Å². The van der Waals surface area contributed by atoms with Crippen LogP contribution in [0, 0.1) is 6.92 Å². The molecular formula is C8H4F2O2S. The van der Waals surface area contributed by atoms with E-state index in [9.17, 15) is 18.4 Å². The van der Waals surface area contributed by atoms with Crippen LogP contribution in [0.3, 0.4) is 0 Å². The lowest BCUT2D eigenvalue weighted by Gasteiger charge is -2.02. The van der Waals surface area contributed by atoms with E-state index in [1.54, 1.807) is 6.92 Å². The van der Waals surface area contributed by atoms with E-state index in [1.165, 1.54) is 6.07 Å². The van der Waals surface area contributed by atoms with E-state index in [1.807, 2.05) is 0 Å². The fourth-order valence-corrected chi connectivity index (χ4v) is 2.25. The highest BCUT2D eigenvalue weighted by Crippen LogP contribution is 2.38. The van der Waals surface area contributed by atoms with Crippen molar-refractivity contribution < 1.29 is 18.4 Å². The Hall–Kier alpha value is -1.10. The Balaban J connectivity index is 2.68. The van der Waals surface area contributed by atoms with Crippen molar-refractivity contribution in [2.45, 2.75) is 12.8 Å². The summed E-state index contributed by atoms with van der Waals surface area (Å²) >= 11 is 0.941. The molecule has 0 saturated carbocycles. The number of rotatable bonds is 0. The average molecular weight is 202 g/mol. The summed E-state index contributed by atoms with van der Waals surface area (Å²) in [6.07, 6.45) is 0. The molecule has 0 unspecified atom stereocenters. The minimum Gasteiger partial charge on any atom is -0.287 e. The van der Waals surface area contributed by atoms with Crippen molar-refractivity contribution in [1.82, 2.24) is 0 Å². The van der Waals surface area contributed by atoms with E-state index >= 15 is 0 Å². The summed E-state index contributed by atoms with van der Waals surface area (Å²) in [5, 5.41) is 0. The van der Waals surface area contributed by atoms with Gasteiger partial charge in [0.05, 0.1) is 4.88 Å². The lowest BCUT2D eigenvalue weighted by Crippen LogP contribution is -2.30. The number of ketones is 2. The zero-order valence-corrected chi connectivity index (χ0v) is 7.37. The summed E-state index contributed by atoms with van der Waals surface area (Å²) in [4.78, 5) is 22.6. The third-order valence-electron chi connectivity index (χ3n) is 1.88. The first kappa shape index (κ1) is 8.50. The number of hydrogen-bond donors (Lipinski definition) is 0. The van der Waals surface area contributed by atoms with Crippen LogP contribution < -0.4 is 0 Å². The van der Waals surface area contributed by atoms with Crippen molar-refractivity contribution in [3.63, 3.8) is 0 Å². The highest BCUT2D eigenvalue weighted by Gasteiger charge is 2.56. The summed E-state index contributed by atoms with van der Waals surface area (Å²) in [6.45, 7) is 1.67. The summed E-state index contributed by atoms with van der Waals surface area (Å²) in [7, 11) is 0. The number of fused-ring (bicyclic) bond motifs is 1. The van der Waals surface area contributed by atoms with E-state index in [2.05, 4.69) is 0 Å². The van der Waals surface area contributed by atoms with Gasteiger partial charge in [-0.05, 0) is 13.0 Å². The molecule has 1 aromatic heterocycles. The molecule has 5 heteroatoms. The molecule has 0 bridgehead atoms. The summed E-state index contributed by atoms with van der Waals surface area (Å²) in [5.74, 6) is -6.54. The maximum atomic E-state index is 12.8. The number of Topliss-reactive ketones (excluding diaryl/α,β-unsaturated/α-hetero) is 2. The van der Waals surface area contributed by atoms with Gasteiger partial charge in [-0.25, -0.2) is 0 Å². The Morgan fingerprint density at radius 3 is 2.46 bits per heavy atom. The first-order chi connectivity index (χ1) is 5.94. The van der Waals surface area contributed by atoms with Gasteiger partial charge in [-0.15, -0.1) is 11.3 Å². The maximum absolute atomic E-state index is 12.8. The van der Waals surface area contributed by atoms with Crippen molar-refractivity contribution in [2.75, 3.05) is 0 Å². The van der Waals surface area contributed by atoms with Crippen LogP contribution in [0.2, 0.25) is 0 Å². The zero-order chi connectivity index (χ0) is 9.80. The Kier molecular flexibility index (Phi) is 1.46. The van der Waals surface area contributed by atoms with Crippen molar-refractivity contribution >= 4 is 22.9 Å². The van der Waals surface area contributed by atoms with Crippen LogP contribution in [0.4, 0.5) is 8.78 Å². The standard InChI is InChI=1S/C8H4F2O2S/c1-3-2-4-5(13-3)7(12)8(9,10)6(4)11/h2H,1H3. The third kappa shape index (κ3) is 0.904.